The van der Waals surface area contributed by atoms with E-state index in [1.165, 1.54) is 17.4 Å². The van der Waals surface area contributed by atoms with Crippen LogP contribution in [-0.4, -0.2) is 84.2 Å². The number of thioether (sulfide) groups is 1. The minimum absolute atomic E-state index is 0.183. The van der Waals surface area contributed by atoms with E-state index in [4.69, 9.17) is 20.4 Å². The average Bonchev–Trinajstić information content (AvgIpc) is 3.28. The molecule has 3 aromatic rings. The van der Waals surface area contributed by atoms with Crippen LogP contribution in [0.25, 0.3) is 21.9 Å². The monoisotopic (exact) mass is 485 g/mol. The molecule has 0 saturated carbocycles. The zero-order valence-electron chi connectivity index (χ0n) is 20.6. The second-order valence-corrected chi connectivity index (χ2v) is 10.2. The molecule has 0 unspecified atom stereocenters. The smallest absolute Gasteiger partial charge is 0.190 e. The van der Waals surface area contributed by atoms with Gasteiger partial charge in [-0.15, -0.1) is 0 Å². The highest BCUT2D eigenvalue weighted by Crippen LogP contribution is 2.32. The van der Waals surface area contributed by atoms with Crippen LogP contribution in [0.1, 0.15) is 32.0 Å². The van der Waals surface area contributed by atoms with E-state index in [2.05, 4.69) is 42.1 Å². The summed E-state index contributed by atoms with van der Waals surface area (Å²) in [4.78, 5) is 26.7. The lowest BCUT2D eigenvalue weighted by atomic mass is 10.1. The minimum Gasteiger partial charge on any atom is -0.382 e. The topological polar surface area (TPSA) is 97.1 Å². The fraction of sp³-hybridized carbons (Fsp3) is 0.560. The number of piperazine rings is 1. The third-order valence-corrected chi connectivity index (χ3v) is 7.59. The van der Waals surface area contributed by atoms with Gasteiger partial charge in [0.1, 0.15) is 28.4 Å². The van der Waals surface area contributed by atoms with Crippen molar-refractivity contribution in [3.63, 3.8) is 0 Å². The lowest BCUT2D eigenvalue weighted by Gasteiger charge is -2.41. The number of carbonyl (C=O) groups excluding carboxylic acids is 1. The lowest BCUT2D eigenvalue weighted by molar-refractivity contribution is -0.112. The van der Waals surface area contributed by atoms with Crippen molar-refractivity contribution in [1.29, 1.82) is 0 Å². The van der Waals surface area contributed by atoms with Gasteiger partial charge < -0.3 is 15.5 Å². The number of quaternary nitrogens is 1. The summed E-state index contributed by atoms with van der Waals surface area (Å²) in [5.74, 6) is 1.50. The molecule has 1 aromatic carbocycles. The number of rotatable bonds is 10. The highest BCUT2D eigenvalue weighted by atomic mass is 32.2. The number of hydrogen-bond acceptors (Lipinski definition) is 7. The van der Waals surface area contributed by atoms with E-state index >= 15 is 0 Å². The predicted octanol–water partition coefficient (Wildman–Crippen LogP) is 3.58. The van der Waals surface area contributed by atoms with E-state index in [0.29, 0.717) is 25.5 Å². The van der Waals surface area contributed by atoms with E-state index in [0.717, 1.165) is 84.2 Å². The first kappa shape index (κ1) is 24.9. The first-order chi connectivity index (χ1) is 16.4. The minimum atomic E-state index is 0.183. The molecule has 2 aromatic heterocycles. The van der Waals surface area contributed by atoms with Gasteiger partial charge in [0.25, 0.3) is 0 Å². The van der Waals surface area contributed by atoms with Crippen LogP contribution in [0, 0.1) is 0 Å². The summed E-state index contributed by atoms with van der Waals surface area (Å²) < 4.78 is 6.53. The van der Waals surface area contributed by atoms with Gasteiger partial charge in [-0.2, -0.15) is 0 Å². The van der Waals surface area contributed by atoms with Crippen molar-refractivity contribution in [2.75, 3.05) is 65.0 Å². The summed E-state index contributed by atoms with van der Waals surface area (Å²) in [5.41, 5.74) is 10.2. The Hall–Kier alpha value is -2.20. The molecule has 0 atom stereocenters. The molecule has 3 heterocycles. The average molecular weight is 486 g/mol. The second-order valence-electron chi connectivity index (χ2n) is 9.33. The first-order valence-electron chi connectivity index (χ1n) is 12.2. The van der Waals surface area contributed by atoms with Crippen molar-refractivity contribution in [3.05, 3.63) is 24.0 Å². The number of hydrogen-bond donors (Lipinski definition) is 2. The zero-order chi connectivity index (χ0) is 24.1. The number of imidazole rings is 1. The molecular weight excluding hydrogens is 448 g/mol. The van der Waals surface area contributed by atoms with Gasteiger partial charge in [0, 0.05) is 43.9 Å². The Labute approximate surface area is 205 Å². The van der Waals surface area contributed by atoms with Crippen LogP contribution in [-0.2, 0) is 16.0 Å². The van der Waals surface area contributed by atoms with E-state index < -0.39 is 0 Å². The molecule has 0 spiro atoms. The Morgan fingerprint density at radius 1 is 1.26 bits per heavy atom. The number of aromatic nitrogens is 3. The number of ether oxygens (including phenoxy) is 1. The van der Waals surface area contributed by atoms with Gasteiger partial charge in [-0.05, 0) is 24.8 Å². The van der Waals surface area contributed by atoms with Gasteiger partial charge in [0.15, 0.2) is 5.12 Å². The van der Waals surface area contributed by atoms with Crippen LogP contribution in [0.2, 0.25) is 0 Å². The first-order valence-corrected chi connectivity index (χ1v) is 13.5. The summed E-state index contributed by atoms with van der Waals surface area (Å²) in [6.45, 7) is 8.34. The molecule has 34 heavy (non-hydrogen) atoms. The van der Waals surface area contributed by atoms with Gasteiger partial charge in [-0.3, -0.25) is 14.2 Å². The molecule has 1 aliphatic rings. The number of carbonyl (C=O) groups is 1. The van der Waals surface area contributed by atoms with Crippen molar-refractivity contribution in [2.45, 2.75) is 32.6 Å². The number of unbranched alkanes of at least 4 members (excludes halogenated alkanes) is 1. The summed E-state index contributed by atoms with van der Waals surface area (Å²) in [6, 6.07) is 6.57. The molecule has 9 heteroatoms. The van der Waals surface area contributed by atoms with Crippen LogP contribution >= 0.6 is 11.8 Å². The van der Waals surface area contributed by atoms with Crippen molar-refractivity contribution >= 4 is 50.3 Å². The summed E-state index contributed by atoms with van der Waals surface area (Å²) in [7, 11) is 2.29. The van der Waals surface area contributed by atoms with Crippen LogP contribution in [0.4, 0.5) is 11.5 Å². The van der Waals surface area contributed by atoms with Crippen LogP contribution in [0.15, 0.2) is 18.2 Å². The molecule has 0 aliphatic carbocycles. The summed E-state index contributed by atoms with van der Waals surface area (Å²) in [5, 5.41) is 1.23. The highest BCUT2D eigenvalue weighted by molar-refractivity contribution is 8.13. The molecule has 0 amide bonds. The fourth-order valence-corrected chi connectivity index (χ4v) is 4.87. The quantitative estimate of drug-likeness (QED) is 0.335. The van der Waals surface area contributed by atoms with Crippen LogP contribution in [0.3, 0.4) is 0 Å². The number of benzene rings is 1. The standard InChI is InChI=1S/C25H37N6O2S/c1-4-5-6-21-28-23-19-8-7-18(17-20(19)27-25(26)24(23)29-21)31(2)13-10-30(11-14-31)12-16-33-15-9-22(32)34-3/h7-8,17H,4-6,9-16H2,1-3H3,(H2,26,27)(H,28,29)/q+1. The maximum absolute atomic E-state index is 11.3. The Morgan fingerprint density at radius 2 is 2.06 bits per heavy atom. The largest absolute Gasteiger partial charge is 0.382 e. The normalized spacial score (nSPS) is 16.4. The molecule has 3 N–H and O–H groups in total. The Morgan fingerprint density at radius 3 is 2.79 bits per heavy atom. The SMILES string of the molecule is CCCCc1nc2c([nH]1)c(N)nc1cc([N+]3(C)CCN(CCOCCC(=O)SC)CC3)ccc12. The van der Waals surface area contributed by atoms with E-state index in [1.54, 1.807) is 0 Å². The zero-order valence-corrected chi connectivity index (χ0v) is 21.4. The van der Waals surface area contributed by atoms with Crippen molar-refractivity contribution in [1.82, 2.24) is 24.3 Å². The van der Waals surface area contributed by atoms with Crippen molar-refractivity contribution in [3.8, 4) is 0 Å². The number of aromatic amines is 1. The number of nitrogens with two attached hydrogens (primary N) is 1. The Balaban J connectivity index is 1.41. The maximum atomic E-state index is 11.3. The number of pyridine rings is 1. The number of nitrogens with one attached hydrogen (secondary N) is 1. The number of nitrogen functional groups attached to an aromatic ring is 1. The van der Waals surface area contributed by atoms with Gasteiger partial charge in [0.2, 0.25) is 0 Å². The van der Waals surface area contributed by atoms with Gasteiger partial charge in [-0.1, -0.05) is 25.1 Å². The number of H-pyrrole nitrogens is 1. The molecule has 184 valence electrons. The summed E-state index contributed by atoms with van der Waals surface area (Å²) >= 11 is 1.27. The van der Waals surface area contributed by atoms with Crippen LogP contribution < -0.4 is 10.2 Å². The molecule has 0 bridgehead atoms. The van der Waals surface area contributed by atoms with Gasteiger partial charge in [-0.25, -0.2) is 9.97 Å². The number of likely N-dealkylation sites (N-methyl/N-ethyl adjacent to an activating group) is 1. The molecule has 1 saturated heterocycles. The van der Waals surface area contributed by atoms with Crippen molar-refractivity contribution < 1.29 is 9.53 Å². The maximum Gasteiger partial charge on any atom is 0.190 e. The Bertz CT molecular complexity index is 1140. The third-order valence-electron chi connectivity index (χ3n) is 6.93. The van der Waals surface area contributed by atoms with Gasteiger partial charge in [0.05, 0.1) is 38.9 Å². The molecule has 8 nitrogen and oxygen atoms in total. The van der Waals surface area contributed by atoms with Gasteiger partial charge >= 0.3 is 0 Å². The molecule has 0 radical (unpaired) electrons. The molecule has 1 fully saturated rings. The van der Waals surface area contributed by atoms with E-state index in [9.17, 15) is 4.79 Å². The number of fused-ring (bicyclic) bond motifs is 3. The van der Waals surface area contributed by atoms with Crippen molar-refractivity contribution in [2.24, 2.45) is 0 Å². The fourth-order valence-electron chi connectivity index (χ4n) is 4.58. The number of aryl methyl sites for hydroxylation is 1. The van der Waals surface area contributed by atoms with Crippen LogP contribution in [0.5, 0.6) is 0 Å². The number of anilines is 1. The van der Waals surface area contributed by atoms with E-state index in [1.807, 2.05) is 6.26 Å². The molecule has 1 aliphatic heterocycles. The molecule has 4 rings (SSSR count). The van der Waals surface area contributed by atoms with E-state index in [-0.39, 0.29) is 5.12 Å². The predicted molar refractivity (Wildman–Crippen MR) is 142 cm³/mol. The Kier molecular flexibility index (Phi) is 8.08. The highest BCUT2D eigenvalue weighted by Gasteiger charge is 2.31. The second kappa shape index (κ2) is 11.0. The third kappa shape index (κ3) is 5.54. The lowest BCUT2D eigenvalue weighted by Crippen LogP contribution is -2.58. The summed E-state index contributed by atoms with van der Waals surface area (Å²) in [6.07, 6.45) is 5.47. The number of nitrogens with zero attached hydrogens (tertiary/aromatic N) is 4. The molecular formula is C25H37N6O2S+.